The molecule has 5 heteroatoms. The Balaban J connectivity index is 1.98. The zero-order valence-electron chi connectivity index (χ0n) is 9.43. The molecule has 17 heavy (non-hydrogen) atoms. The number of carbonyl (C=O) groups is 1. The highest BCUT2D eigenvalue weighted by Crippen LogP contribution is 2.10. The molecule has 2 aromatic heterocycles. The molecule has 0 N–H and O–H groups in total. The molecule has 2 rings (SSSR count). The Kier molecular flexibility index (Phi) is 3.68. The summed E-state index contributed by atoms with van der Waals surface area (Å²) in [7, 11) is 1.92. The van der Waals surface area contributed by atoms with E-state index >= 15 is 0 Å². The lowest BCUT2D eigenvalue weighted by atomic mass is 10.1. The maximum Gasteiger partial charge on any atom is 0.181 e. The smallest absolute Gasteiger partial charge is 0.181 e. The topological polar surface area (TPSA) is 47.8 Å². The van der Waals surface area contributed by atoms with Gasteiger partial charge in [0.05, 0.1) is 0 Å². The van der Waals surface area contributed by atoms with Crippen molar-refractivity contribution >= 4 is 21.7 Å². The van der Waals surface area contributed by atoms with Crippen LogP contribution in [0.5, 0.6) is 0 Å². The molecule has 2 aromatic rings. The number of halogens is 1. The molecule has 0 aromatic carbocycles. The van der Waals surface area contributed by atoms with Crippen molar-refractivity contribution in [2.45, 2.75) is 12.8 Å². The van der Waals surface area contributed by atoms with Crippen LogP contribution in [0.3, 0.4) is 0 Å². The van der Waals surface area contributed by atoms with E-state index in [1.54, 1.807) is 18.5 Å². The number of pyridine rings is 1. The van der Waals surface area contributed by atoms with E-state index in [9.17, 15) is 4.79 Å². The summed E-state index contributed by atoms with van der Waals surface area (Å²) in [6.45, 7) is 0. The van der Waals surface area contributed by atoms with E-state index in [1.807, 2.05) is 23.9 Å². The number of imidazole rings is 1. The minimum atomic E-state index is 0.0421. The second-order valence-electron chi connectivity index (χ2n) is 3.74. The second kappa shape index (κ2) is 5.23. The quantitative estimate of drug-likeness (QED) is 0.813. The second-order valence-corrected chi connectivity index (χ2v) is 4.65. The van der Waals surface area contributed by atoms with Gasteiger partial charge in [0.15, 0.2) is 5.78 Å². The SMILES string of the molecule is Cn1ccnc1CCC(=O)c1ccc(Br)cn1. The number of carbonyl (C=O) groups excluding carboxylic acids is 1. The molecule has 88 valence electrons. The third kappa shape index (κ3) is 3.00. The highest BCUT2D eigenvalue weighted by atomic mass is 79.9. The molecular weight excluding hydrogens is 282 g/mol. The van der Waals surface area contributed by atoms with Crippen molar-refractivity contribution in [3.05, 3.63) is 46.7 Å². The number of Topliss-reactive ketones (excluding diaryl/α,β-unsaturated/α-hetero) is 1. The summed E-state index contributed by atoms with van der Waals surface area (Å²) >= 11 is 3.29. The molecular formula is C12H12BrN3O. The van der Waals surface area contributed by atoms with Crippen molar-refractivity contribution in [3.63, 3.8) is 0 Å². The van der Waals surface area contributed by atoms with Gasteiger partial charge < -0.3 is 4.57 Å². The summed E-state index contributed by atoms with van der Waals surface area (Å²) in [5.41, 5.74) is 0.502. The number of rotatable bonds is 4. The van der Waals surface area contributed by atoms with Crippen LogP contribution < -0.4 is 0 Å². The Morgan fingerprint density at radius 3 is 2.82 bits per heavy atom. The monoisotopic (exact) mass is 293 g/mol. The lowest BCUT2D eigenvalue weighted by Crippen LogP contribution is -2.06. The Morgan fingerprint density at radius 2 is 2.24 bits per heavy atom. The van der Waals surface area contributed by atoms with Crippen molar-refractivity contribution in [2.24, 2.45) is 7.05 Å². The summed E-state index contributed by atoms with van der Waals surface area (Å²) in [6.07, 6.45) is 6.31. The van der Waals surface area contributed by atoms with Crippen LogP contribution in [0.15, 0.2) is 35.2 Å². The van der Waals surface area contributed by atoms with Gasteiger partial charge in [0, 0.05) is 43.0 Å². The van der Waals surface area contributed by atoms with E-state index in [4.69, 9.17) is 0 Å². The first-order valence-electron chi connectivity index (χ1n) is 5.28. The average molecular weight is 294 g/mol. The molecule has 0 bridgehead atoms. The Labute approximate surface area is 108 Å². The molecule has 0 aliphatic rings. The van der Waals surface area contributed by atoms with E-state index in [2.05, 4.69) is 25.9 Å². The van der Waals surface area contributed by atoms with Crippen LogP contribution in [0, 0.1) is 0 Å². The maximum atomic E-state index is 11.8. The molecule has 2 heterocycles. The molecule has 0 radical (unpaired) electrons. The minimum Gasteiger partial charge on any atom is -0.338 e. The molecule has 0 unspecified atom stereocenters. The Morgan fingerprint density at radius 1 is 1.41 bits per heavy atom. The zero-order chi connectivity index (χ0) is 12.3. The Hall–Kier alpha value is -1.49. The van der Waals surface area contributed by atoms with Crippen LogP contribution in [0.2, 0.25) is 0 Å². The maximum absolute atomic E-state index is 11.8. The first-order valence-corrected chi connectivity index (χ1v) is 6.07. The predicted octanol–water partition coefficient (Wildman–Crippen LogP) is 2.39. The third-order valence-electron chi connectivity index (χ3n) is 2.51. The lowest BCUT2D eigenvalue weighted by Gasteiger charge is -2.01. The van der Waals surface area contributed by atoms with Gasteiger partial charge >= 0.3 is 0 Å². The molecule has 0 aliphatic carbocycles. The lowest BCUT2D eigenvalue weighted by molar-refractivity contribution is 0.0977. The van der Waals surface area contributed by atoms with Crippen LogP contribution in [0.4, 0.5) is 0 Å². The summed E-state index contributed by atoms with van der Waals surface area (Å²) in [5, 5.41) is 0. The summed E-state index contributed by atoms with van der Waals surface area (Å²) in [5.74, 6) is 0.955. The number of aromatic nitrogens is 3. The largest absolute Gasteiger partial charge is 0.338 e. The molecule has 0 saturated heterocycles. The molecule has 0 saturated carbocycles. The fraction of sp³-hybridized carbons (Fsp3) is 0.250. The normalized spacial score (nSPS) is 10.5. The molecule has 0 amide bonds. The fourth-order valence-electron chi connectivity index (χ4n) is 1.53. The van der Waals surface area contributed by atoms with Gasteiger partial charge in [-0.2, -0.15) is 0 Å². The molecule has 0 spiro atoms. The van der Waals surface area contributed by atoms with Gasteiger partial charge in [-0.3, -0.25) is 9.78 Å². The molecule has 0 aliphatic heterocycles. The highest BCUT2D eigenvalue weighted by molar-refractivity contribution is 9.10. The van der Waals surface area contributed by atoms with Crippen LogP contribution >= 0.6 is 15.9 Å². The third-order valence-corrected chi connectivity index (χ3v) is 2.98. The van der Waals surface area contributed by atoms with Gasteiger partial charge in [0.1, 0.15) is 11.5 Å². The number of nitrogens with zero attached hydrogens (tertiary/aromatic N) is 3. The van der Waals surface area contributed by atoms with E-state index in [-0.39, 0.29) is 5.78 Å². The van der Waals surface area contributed by atoms with E-state index < -0.39 is 0 Å². The van der Waals surface area contributed by atoms with Crippen LogP contribution in [-0.2, 0) is 13.5 Å². The summed E-state index contributed by atoms with van der Waals surface area (Å²) in [6, 6.07) is 3.55. The minimum absolute atomic E-state index is 0.0421. The van der Waals surface area contributed by atoms with Crippen molar-refractivity contribution in [2.75, 3.05) is 0 Å². The molecule has 0 fully saturated rings. The zero-order valence-corrected chi connectivity index (χ0v) is 11.0. The average Bonchev–Trinajstić information content (AvgIpc) is 2.73. The first kappa shape index (κ1) is 12.0. The first-order chi connectivity index (χ1) is 8.16. The highest BCUT2D eigenvalue weighted by Gasteiger charge is 2.09. The van der Waals surface area contributed by atoms with Gasteiger partial charge in [-0.25, -0.2) is 4.98 Å². The van der Waals surface area contributed by atoms with Gasteiger partial charge in [-0.05, 0) is 28.1 Å². The van der Waals surface area contributed by atoms with Crippen LogP contribution in [-0.4, -0.2) is 20.3 Å². The van der Waals surface area contributed by atoms with E-state index in [0.29, 0.717) is 18.5 Å². The van der Waals surface area contributed by atoms with E-state index in [0.717, 1.165) is 10.3 Å². The number of ketones is 1. The molecule has 0 atom stereocenters. The standard InChI is InChI=1S/C12H12BrN3O/c1-16-7-6-14-12(16)5-4-11(17)10-3-2-9(13)8-15-10/h2-3,6-8H,4-5H2,1H3. The van der Waals surface area contributed by atoms with Crippen LogP contribution in [0.25, 0.3) is 0 Å². The van der Waals surface area contributed by atoms with Gasteiger partial charge in [0.25, 0.3) is 0 Å². The van der Waals surface area contributed by atoms with Crippen molar-refractivity contribution in [3.8, 4) is 0 Å². The summed E-state index contributed by atoms with van der Waals surface area (Å²) in [4.78, 5) is 20.1. The van der Waals surface area contributed by atoms with Crippen LogP contribution in [0.1, 0.15) is 22.7 Å². The van der Waals surface area contributed by atoms with Gasteiger partial charge in [-0.1, -0.05) is 0 Å². The predicted molar refractivity (Wildman–Crippen MR) is 67.8 cm³/mol. The van der Waals surface area contributed by atoms with Gasteiger partial charge in [0.2, 0.25) is 0 Å². The van der Waals surface area contributed by atoms with E-state index in [1.165, 1.54) is 0 Å². The number of hydrogen-bond donors (Lipinski definition) is 0. The van der Waals surface area contributed by atoms with Gasteiger partial charge in [-0.15, -0.1) is 0 Å². The fourth-order valence-corrected chi connectivity index (χ4v) is 1.77. The Bertz CT molecular complexity index is 519. The van der Waals surface area contributed by atoms with Crippen molar-refractivity contribution in [1.29, 1.82) is 0 Å². The molecule has 4 nitrogen and oxygen atoms in total. The number of aryl methyl sites for hydroxylation is 2. The number of hydrogen-bond acceptors (Lipinski definition) is 3. The van der Waals surface area contributed by atoms with Crippen molar-refractivity contribution < 1.29 is 4.79 Å². The van der Waals surface area contributed by atoms with Crippen molar-refractivity contribution in [1.82, 2.24) is 14.5 Å². The summed E-state index contributed by atoms with van der Waals surface area (Å²) < 4.78 is 2.79.